The van der Waals surface area contributed by atoms with Crippen molar-refractivity contribution in [2.24, 2.45) is 11.8 Å². The summed E-state index contributed by atoms with van der Waals surface area (Å²) in [5.74, 6) is 2.08. The van der Waals surface area contributed by atoms with Gasteiger partial charge >= 0.3 is 0 Å². The van der Waals surface area contributed by atoms with Crippen molar-refractivity contribution in [2.75, 3.05) is 39.3 Å². The summed E-state index contributed by atoms with van der Waals surface area (Å²) in [6, 6.07) is 0. The Morgan fingerprint density at radius 1 is 1.25 bits per heavy atom. The number of hydrogen-bond donors (Lipinski definition) is 0. The Labute approximate surface area is 144 Å². The Hall–Kier alpha value is -1.69. The van der Waals surface area contributed by atoms with Crippen molar-refractivity contribution in [3.05, 3.63) is 18.6 Å². The molecule has 0 bridgehead atoms. The van der Waals surface area contributed by atoms with E-state index in [2.05, 4.69) is 21.8 Å². The van der Waals surface area contributed by atoms with Crippen LogP contribution in [0, 0.1) is 11.8 Å². The highest BCUT2D eigenvalue weighted by Crippen LogP contribution is 2.19. The summed E-state index contributed by atoms with van der Waals surface area (Å²) in [5.41, 5.74) is 0. The predicted octanol–water partition coefficient (Wildman–Crippen LogP) is 1.83. The molecule has 3 heterocycles. The smallest absolute Gasteiger partial charge is 0.236 e. The van der Waals surface area contributed by atoms with E-state index >= 15 is 0 Å². The second-order valence-electron chi connectivity index (χ2n) is 7.16. The Bertz CT molecular complexity index is 517. The van der Waals surface area contributed by atoms with Gasteiger partial charge in [-0.3, -0.25) is 14.7 Å². The number of rotatable bonds is 5. The summed E-state index contributed by atoms with van der Waals surface area (Å²) in [6.45, 7) is 7.25. The number of ether oxygens (including phenoxy) is 1. The fourth-order valence-corrected chi connectivity index (χ4v) is 3.54. The molecule has 1 aromatic rings. The number of carbonyl (C=O) groups is 1. The standard InChI is InChI=1S/C18H28N4O2/c1-15-4-9-22(10-5-15)18(23)13-21-8-2-3-16(12-21)14-24-17-11-19-6-7-20-17/h6-7,11,15-16H,2-5,8-10,12-14H2,1H3. The predicted molar refractivity (Wildman–Crippen MR) is 91.7 cm³/mol. The second kappa shape index (κ2) is 8.42. The Kier molecular flexibility index (Phi) is 6.01. The van der Waals surface area contributed by atoms with Crippen LogP contribution < -0.4 is 4.74 Å². The molecule has 6 nitrogen and oxygen atoms in total. The van der Waals surface area contributed by atoms with E-state index in [4.69, 9.17) is 4.74 Å². The lowest BCUT2D eigenvalue weighted by molar-refractivity contribution is -0.134. The van der Waals surface area contributed by atoms with Crippen LogP contribution >= 0.6 is 0 Å². The summed E-state index contributed by atoms with van der Waals surface area (Å²) < 4.78 is 5.73. The fourth-order valence-electron chi connectivity index (χ4n) is 3.54. The lowest BCUT2D eigenvalue weighted by Crippen LogP contribution is -2.47. The van der Waals surface area contributed by atoms with Crippen LogP contribution in [0.15, 0.2) is 18.6 Å². The fraction of sp³-hybridized carbons (Fsp3) is 0.722. The molecule has 2 fully saturated rings. The van der Waals surface area contributed by atoms with Gasteiger partial charge in [0.25, 0.3) is 0 Å². The van der Waals surface area contributed by atoms with Gasteiger partial charge < -0.3 is 9.64 Å². The van der Waals surface area contributed by atoms with Gasteiger partial charge in [-0.15, -0.1) is 0 Å². The molecular weight excluding hydrogens is 304 g/mol. The molecule has 2 saturated heterocycles. The average molecular weight is 332 g/mol. The van der Waals surface area contributed by atoms with Crippen LogP contribution in [0.25, 0.3) is 0 Å². The first-order valence-corrected chi connectivity index (χ1v) is 9.09. The van der Waals surface area contributed by atoms with Gasteiger partial charge in [0, 0.05) is 37.9 Å². The molecule has 24 heavy (non-hydrogen) atoms. The second-order valence-corrected chi connectivity index (χ2v) is 7.16. The summed E-state index contributed by atoms with van der Waals surface area (Å²) in [4.78, 5) is 25.0. The number of hydrogen-bond acceptors (Lipinski definition) is 5. The van der Waals surface area contributed by atoms with Crippen molar-refractivity contribution in [2.45, 2.75) is 32.6 Å². The normalized spacial score (nSPS) is 23.2. The largest absolute Gasteiger partial charge is 0.476 e. The van der Waals surface area contributed by atoms with E-state index in [1.807, 2.05) is 4.90 Å². The van der Waals surface area contributed by atoms with E-state index < -0.39 is 0 Å². The Morgan fingerprint density at radius 3 is 2.83 bits per heavy atom. The number of aromatic nitrogens is 2. The van der Waals surface area contributed by atoms with E-state index in [0.717, 1.165) is 57.8 Å². The summed E-state index contributed by atoms with van der Waals surface area (Å²) >= 11 is 0. The third kappa shape index (κ3) is 4.90. The van der Waals surface area contributed by atoms with Crippen molar-refractivity contribution in [1.29, 1.82) is 0 Å². The maximum atomic E-state index is 12.5. The lowest BCUT2D eigenvalue weighted by Gasteiger charge is -2.35. The highest BCUT2D eigenvalue weighted by molar-refractivity contribution is 5.78. The van der Waals surface area contributed by atoms with Gasteiger partial charge in [0.2, 0.25) is 11.8 Å². The number of amides is 1. The monoisotopic (exact) mass is 332 g/mol. The molecule has 0 aliphatic carbocycles. The van der Waals surface area contributed by atoms with Crippen LogP contribution in [0.2, 0.25) is 0 Å². The molecule has 0 aromatic carbocycles. The van der Waals surface area contributed by atoms with E-state index in [0.29, 0.717) is 24.9 Å². The topological polar surface area (TPSA) is 58.6 Å². The van der Waals surface area contributed by atoms with Crippen LogP contribution in [-0.2, 0) is 4.79 Å². The van der Waals surface area contributed by atoms with Crippen LogP contribution in [-0.4, -0.2) is 65.0 Å². The molecule has 1 unspecified atom stereocenters. The third-order valence-corrected chi connectivity index (χ3v) is 5.10. The van der Waals surface area contributed by atoms with Gasteiger partial charge in [-0.05, 0) is 38.1 Å². The molecule has 2 aliphatic rings. The first kappa shape index (κ1) is 17.1. The van der Waals surface area contributed by atoms with Crippen LogP contribution in [0.5, 0.6) is 5.88 Å². The summed E-state index contributed by atoms with van der Waals surface area (Å²) in [5, 5.41) is 0. The first-order valence-electron chi connectivity index (χ1n) is 9.09. The van der Waals surface area contributed by atoms with Gasteiger partial charge in [0.1, 0.15) is 0 Å². The third-order valence-electron chi connectivity index (χ3n) is 5.10. The SMILES string of the molecule is CC1CCN(C(=O)CN2CCCC(COc3cnccn3)C2)CC1. The summed E-state index contributed by atoms with van der Waals surface area (Å²) in [7, 11) is 0. The lowest BCUT2D eigenvalue weighted by atomic mass is 9.98. The van der Waals surface area contributed by atoms with Crippen LogP contribution in [0.4, 0.5) is 0 Å². The molecule has 0 radical (unpaired) electrons. The maximum Gasteiger partial charge on any atom is 0.236 e. The summed E-state index contributed by atoms with van der Waals surface area (Å²) in [6.07, 6.45) is 9.47. The Morgan fingerprint density at radius 2 is 2.08 bits per heavy atom. The molecule has 0 spiro atoms. The van der Waals surface area contributed by atoms with Gasteiger partial charge in [-0.2, -0.15) is 0 Å². The van der Waals surface area contributed by atoms with Crippen molar-refractivity contribution in [3.8, 4) is 5.88 Å². The number of piperidine rings is 2. The van der Waals surface area contributed by atoms with Crippen molar-refractivity contribution < 1.29 is 9.53 Å². The van der Waals surface area contributed by atoms with Gasteiger partial charge in [-0.1, -0.05) is 6.92 Å². The van der Waals surface area contributed by atoms with E-state index in [1.165, 1.54) is 0 Å². The minimum absolute atomic E-state index is 0.289. The Balaban J connectivity index is 1.42. The molecule has 132 valence electrons. The van der Waals surface area contributed by atoms with Gasteiger partial charge in [0.15, 0.2) is 0 Å². The van der Waals surface area contributed by atoms with E-state index in [9.17, 15) is 4.79 Å². The quantitative estimate of drug-likeness (QED) is 0.823. The van der Waals surface area contributed by atoms with Gasteiger partial charge in [-0.25, -0.2) is 4.98 Å². The number of nitrogens with zero attached hydrogens (tertiary/aromatic N) is 4. The average Bonchev–Trinajstić information content (AvgIpc) is 2.62. The molecule has 3 rings (SSSR count). The maximum absolute atomic E-state index is 12.5. The van der Waals surface area contributed by atoms with Crippen LogP contribution in [0.3, 0.4) is 0 Å². The molecule has 1 atom stereocenters. The van der Waals surface area contributed by atoms with E-state index in [1.54, 1.807) is 18.6 Å². The zero-order chi connectivity index (χ0) is 16.8. The number of likely N-dealkylation sites (tertiary alicyclic amines) is 2. The molecule has 6 heteroatoms. The first-order chi connectivity index (χ1) is 11.7. The number of carbonyl (C=O) groups excluding carboxylic acids is 1. The molecule has 0 saturated carbocycles. The minimum atomic E-state index is 0.289. The van der Waals surface area contributed by atoms with Crippen molar-refractivity contribution in [3.63, 3.8) is 0 Å². The van der Waals surface area contributed by atoms with Crippen LogP contribution in [0.1, 0.15) is 32.6 Å². The van der Waals surface area contributed by atoms with Gasteiger partial charge in [0.05, 0.1) is 19.3 Å². The van der Waals surface area contributed by atoms with E-state index in [-0.39, 0.29) is 5.91 Å². The zero-order valence-corrected chi connectivity index (χ0v) is 14.6. The van der Waals surface area contributed by atoms with Crippen molar-refractivity contribution >= 4 is 5.91 Å². The zero-order valence-electron chi connectivity index (χ0n) is 14.6. The molecule has 1 aromatic heterocycles. The molecule has 2 aliphatic heterocycles. The molecule has 1 amide bonds. The molecular formula is C18H28N4O2. The molecule has 0 N–H and O–H groups in total. The van der Waals surface area contributed by atoms with Crippen molar-refractivity contribution in [1.82, 2.24) is 19.8 Å². The minimum Gasteiger partial charge on any atom is -0.476 e. The highest BCUT2D eigenvalue weighted by atomic mass is 16.5. The highest BCUT2D eigenvalue weighted by Gasteiger charge is 2.26.